The Morgan fingerprint density at radius 1 is 1.39 bits per heavy atom. The lowest BCUT2D eigenvalue weighted by Crippen LogP contribution is -2.31. The molecular formula is C13H18FNO2S. The van der Waals surface area contributed by atoms with Crippen LogP contribution in [0.5, 0.6) is 0 Å². The number of benzene rings is 1. The van der Waals surface area contributed by atoms with Crippen molar-refractivity contribution < 1.29 is 14.3 Å². The predicted molar refractivity (Wildman–Crippen MR) is 71.0 cm³/mol. The number of carbonyl (C=O) groups excluding carboxylic acids is 1. The van der Waals surface area contributed by atoms with Gasteiger partial charge in [0.1, 0.15) is 5.82 Å². The molecule has 0 aliphatic carbocycles. The number of aliphatic hydroxyl groups excluding tert-OH is 1. The highest BCUT2D eigenvalue weighted by Crippen LogP contribution is 2.23. The zero-order valence-corrected chi connectivity index (χ0v) is 11.5. The van der Waals surface area contributed by atoms with E-state index < -0.39 is 0 Å². The summed E-state index contributed by atoms with van der Waals surface area (Å²) in [5.41, 5.74) is 0.534. The summed E-state index contributed by atoms with van der Waals surface area (Å²) in [7, 11) is 0. The first-order valence-electron chi connectivity index (χ1n) is 5.92. The topological polar surface area (TPSA) is 40.5 Å². The number of halogens is 1. The number of amides is 1. The van der Waals surface area contributed by atoms with Crippen molar-refractivity contribution in [2.75, 3.05) is 18.8 Å². The second-order valence-corrected chi connectivity index (χ2v) is 4.79. The summed E-state index contributed by atoms with van der Waals surface area (Å²) in [5, 5.41) is 8.87. The van der Waals surface area contributed by atoms with Gasteiger partial charge >= 0.3 is 0 Å². The highest BCUT2D eigenvalue weighted by molar-refractivity contribution is 8.00. The molecule has 0 unspecified atom stereocenters. The minimum Gasteiger partial charge on any atom is -0.392 e. The molecule has 0 spiro atoms. The first-order valence-corrected chi connectivity index (χ1v) is 6.90. The zero-order valence-electron chi connectivity index (χ0n) is 10.6. The first kappa shape index (κ1) is 15.0. The van der Waals surface area contributed by atoms with Crippen LogP contribution in [0.2, 0.25) is 0 Å². The van der Waals surface area contributed by atoms with Gasteiger partial charge in [-0.3, -0.25) is 4.79 Å². The summed E-state index contributed by atoms with van der Waals surface area (Å²) in [4.78, 5) is 13.9. The quantitative estimate of drug-likeness (QED) is 0.807. The molecule has 0 aliphatic rings. The zero-order chi connectivity index (χ0) is 13.5. The van der Waals surface area contributed by atoms with E-state index in [4.69, 9.17) is 5.11 Å². The molecule has 0 bridgehead atoms. The second-order valence-electron chi connectivity index (χ2n) is 3.78. The highest BCUT2D eigenvalue weighted by Gasteiger charge is 2.11. The van der Waals surface area contributed by atoms with E-state index in [-0.39, 0.29) is 24.1 Å². The Labute approximate surface area is 111 Å². The maximum Gasteiger partial charge on any atom is 0.232 e. The molecule has 1 amide bonds. The van der Waals surface area contributed by atoms with Gasteiger partial charge in [0.05, 0.1) is 12.4 Å². The normalized spacial score (nSPS) is 10.4. The van der Waals surface area contributed by atoms with Crippen molar-refractivity contribution in [2.45, 2.75) is 25.3 Å². The van der Waals surface area contributed by atoms with Crippen molar-refractivity contribution in [1.82, 2.24) is 4.90 Å². The molecule has 1 aromatic rings. The van der Waals surface area contributed by atoms with E-state index in [1.54, 1.807) is 17.0 Å². The second kappa shape index (κ2) is 7.38. The summed E-state index contributed by atoms with van der Waals surface area (Å²) < 4.78 is 13.6. The van der Waals surface area contributed by atoms with E-state index in [0.29, 0.717) is 23.5 Å². The van der Waals surface area contributed by atoms with Gasteiger partial charge in [0.15, 0.2) is 0 Å². The van der Waals surface area contributed by atoms with E-state index >= 15 is 0 Å². The largest absolute Gasteiger partial charge is 0.392 e. The van der Waals surface area contributed by atoms with Crippen molar-refractivity contribution in [3.8, 4) is 0 Å². The van der Waals surface area contributed by atoms with Crippen LogP contribution in [0.4, 0.5) is 4.39 Å². The Hall–Kier alpha value is -1.07. The van der Waals surface area contributed by atoms with E-state index in [1.807, 2.05) is 13.8 Å². The number of hydrogen-bond donors (Lipinski definition) is 1. The van der Waals surface area contributed by atoms with E-state index in [2.05, 4.69) is 0 Å². The molecule has 0 atom stereocenters. The van der Waals surface area contributed by atoms with Crippen LogP contribution < -0.4 is 0 Å². The molecular weight excluding hydrogens is 253 g/mol. The minimum atomic E-state index is -0.390. The maximum absolute atomic E-state index is 13.6. The highest BCUT2D eigenvalue weighted by atomic mass is 32.2. The van der Waals surface area contributed by atoms with Crippen LogP contribution in [0, 0.1) is 5.82 Å². The van der Waals surface area contributed by atoms with Gasteiger partial charge in [0, 0.05) is 18.0 Å². The molecule has 0 heterocycles. The maximum atomic E-state index is 13.6. The van der Waals surface area contributed by atoms with Crippen molar-refractivity contribution >= 4 is 17.7 Å². The number of aliphatic hydroxyl groups is 1. The van der Waals surface area contributed by atoms with Crippen LogP contribution >= 0.6 is 11.8 Å². The Balaban J connectivity index is 2.61. The Morgan fingerprint density at radius 3 is 2.56 bits per heavy atom. The third-order valence-corrected chi connectivity index (χ3v) is 3.68. The molecule has 1 N–H and O–H groups in total. The number of nitrogens with zero attached hydrogens (tertiary/aromatic N) is 1. The lowest BCUT2D eigenvalue weighted by Gasteiger charge is -2.18. The van der Waals surface area contributed by atoms with Crippen LogP contribution in [0.1, 0.15) is 19.4 Å². The number of thioether (sulfide) groups is 1. The van der Waals surface area contributed by atoms with Crippen molar-refractivity contribution in [2.24, 2.45) is 0 Å². The number of rotatable bonds is 6. The van der Waals surface area contributed by atoms with Gasteiger partial charge in [-0.15, -0.1) is 11.8 Å². The van der Waals surface area contributed by atoms with Crippen molar-refractivity contribution in [3.05, 3.63) is 29.6 Å². The summed E-state index contributed by atoms with van der Waals surface area (Å²) >= 11 is 1.19. The summed E-state index contributed by atoms with van der Waals surface area (Å²) in [6.07, 6.45) is 0. The minimum absolute atomic E-state index is 0.00985. The molecule has 3 nitrogen and oxygen atoms in total. The molecule has 0 fully saturated rings. The molecule has 1 aromatic carbocycles. The third-order valence-electron chi connectivity index (χ3n) is 2.65. The van der Waals surface area contributed by atoms with Gasteiger partial charge in [0.2, 0.25) is 5.91 Å². The molecule has 0 saturated carbocycles. The monoisotopic (exact) mass is 271 g/mol. The van der Waals surface area contributed by atoms with Crippen LogP contribution in [0.25, 0.3) is 0 Å². The summed E-state index contributed by atoms with van der Waals surface area (Å²) in [5.74, 6) is -0.147. The predicted octanol–water partition coefficient (Wildman–Crippen LogP) is 2.28. The Morgan fingerprint density at radius 2 is 2.06 bits per heavy atom. The van der Waals surface area contributed by atoms with Crippen molar-refractivity contribution in [1.29, 1.82) is 0 Å². The van der Waals surface area contributed by atoms with E-state index in [0.717, 1.165) is 0 Å². The Kier molecular flexibility index (Phi) is 6.15. The van der Waals surface area contributed by atoms with Gasteiger partial charge in [-0.05, 0) is 31.5 Å². The Bertz CT molecular complexity index is 408. The molecule has 18 heavy (non-hydrogen) atoms. The number of carbonyl (C=O) groups is 1. The molecule has 0 radical (unpaired) electrons. The molecule has 5 heteroatoms. The average Bonchev–Trinajstić information content (AvgIpc) is 2.38. The fourth-order valence-electron chi connectivity index (χ4n) is 1.57. The molecule has 0 saturated heterocycles. The van der Waals surface area contributed by atoms with Crippen LogP contribution in [0.3, 0.4) is 0 Å². The van der Waals surface area contributed by atoms with E-state index in [1.165, 1.54) is 17.8 Å². The van der Waals surface area contributed by atoms with Crippen LogP contribution in [-0.4, -0.2) is 34.8 Å². The third kappa shape index (κ3) is 3.99. The standard InChI is InChI=1S/C13H18FNO2S/c1-3-15(4-2)13(17)9-18-12-6-5-10(8-16)7-11(12)14/h5-7,16H,3-4,8-9H2,1-2H3. The fraction of sp³-hybridized carbons (Fsp3) is 0.462. The molecule has 100 valence electrons. The van der Waals surface area contributed by atoms with Gasteiger partial charge in [-0.2, -0.15) is 0 Å². The smallest absolute Gasteiger partial charge is 0.232 e. The average molecular weight is 271 g/mol. The van der Waals surface area contributed by atoms with Crippen LogP contribution in [0.15, 0.2) is 23.1 Å². The van der Waals surface area contributed by atoms with Gasteiger partial charge in [-0.1, -0.05) is 6.07 Å². The molecule has 1 rings (SSSR count). The van der Waals surface area contributed by atoms with Crippen molar-refractivity contribution in [3.63, 3.8) is 0 Å². The first-order chi connectivity index (χ1) is 8.62. The lowest BCUT2D eigenvalue weighted by molar-refractivity contribution is -0.127. The molecule has 0 aliphatic heterocycles. The summed E-state index contributed by atoms with van der Waals surface area (Å²) in [6, 6.07) is 4.55. The van der Waals surface area contributed by atoms with E-state index in [9.17, 15) is 9.18 Å². The van der Waals surface area contributed by atoms with Crippen LogP contribution in [-0.2, 0) is 11.4 Å². The number of hydrogen-bond acceptors (Lipinski definition) is 3. The lowest BCUT2D eigenvalue weighted by atomic mass is 10.2. The fourth-order valence-corrected chi connectivity index (χ4v) is 2.39. The van der Waals surface area contributed by atoms with Gasteiger partial charge in [0.25, 0.3) is 0 Å². The summed E-state index contributed by atoms with van der Waals surface area (Å²) in [6.45, 7) is 5.00. The van der Waals surface area contributed by atoms with Gasteiger partial charge in [-0.25, -0.2) is 4.39 Å². The van der Waals surface area contributed by atoms with Gasteiger partial charge < -0.3 is 10.0 Å². The SMILES string of the molecule is CCN(CC)C(=O)CSc1ccc(CO)cc1F. The molecule has 0 aromatic heterocycles.